The zero-order valence-electron chi connectivity index (χ0n) is 11.1. The summed E-state index contributed by atoms with van der Waals surface area (Å²) < 4.78 is 11.9. The van der Waals surface area contributed by atoms with Gasteiger partial charge in [-0.15, -0.1) is 0 Å². The van der Waals surface area contributed by atoms with Gasteiger partial charge in [-0.25, -0.2) is 9.97 Å². The average molecular weight is 326 g/mol. The molecule has 2 rings (SSSR count). The van der Waals surface area contributed by atoms with Crippen LogP contribution in [0.3, 0.4) is 0 Å². The van der Waals surface area contributed by atoms with Gasteiger partial charge in [-0.05, 0) is 41.9 Å². The first kappa shape index (κ1) is 13.9. The van der Waals surface area contributed by atoms with Gasteiger partial charge in [0.05, 0.1) is 12.6 Å². The minimum atomic E-state index is 0.0570. The highest BCUT2D eigenvalue weighted by Crippen LogP contribution is 2.24. The van der Waals surface area contributed by atoms with Crippen LogP contribution in [0.4, 0.5) is 5.82 Å². The standard InChI is InChI=1S/C13H16BrN3O2/c1-9(2)18-13-12(15-6-7-16-13)17(3)8-10-4-5-11(14)19-10/h4-7,9H,8H2,1-3H3. The summed E-state index contributed by atoms with van der Waals surface area (Å²) >= 11 is 3.29. The molecule has 0 aromatic carbocycles. The zero-order chi connectivity index (χ0) is 13.8. The van der Waals surface area contributed by atoms with E-state index in [0.29, 0.717) is 22.9 Å². The second-order valence-corrected chi connectivity index (χ2v) is 5.20. The largest absolute Gasteiger partial charge is 0.472 e. The van der Waals surface area contributed by atoms with Gasteiger partial charge in [0.1, 0.15) is 5.76 Å². The maximum atomic E-state index is 5.65. The molecule has 0 N–H and O–H groups in total. The van der Waals surface area contributed by atoms with E-state index in [1.54, 1.807) is 12.4 Å². The summed E-state index contributed by atoms with van der Waals surface area (Å²) in [4.78, 5) is 10.5. The minimum absolute atomic E-state index is 0.0570. The Balaban J connectivity index is 2.16. The van der Waals surface area contributed by atoms with Crippen molar-refractivity contribution in [2.24, 2.45) is 0 Å². The Morgan fingerprint density at radius 3 is 2.68 bits per heavy atom. The molecule has 102 valence electrons. The van der Waals surface area contributed by atoms with Crippen molar-refractivity contribution in [2.75, 3.05) is 11.9 Å². The van der Waals surface area contributed by atoms with Gasteiger partial charge in [-0.1, -0.05) is 0 Å². The Morgan fingerprint density at radius 2 is 2.05 bits per heavy atom. The summed E-state index contributed by atoms with van der Waals surface area (Å²) in [5, 5.41) is 0. The quantitative estimate of drug-likeness (QED) is 0.844. The molecule has 0 fully saturated rings. The van der Waals surface area contributed by atoms with Crippen LogP contribution in [0.25, 0.3) is 0 Å². The van der Waals surface area contributed by atoms with Gasteiger partial charge in [0.15, 0.2) is 10.5 Å². The Hall–Kier alpha value is -1.56. The third-order valence-corrected chi connectivity index (χ3v) is 2.80. The lowest BCUT2D eigenvalue weighted by atomic mass is 10.4. The molecule has 0 aliphatic rings. The van der Waals surface area contributed by atoms with Gasteiger partial charge in [-0.2, -0.15) is 0 Å². The lowest BCUT2D eigenvalue weighted by molar-refractivity contribution is 0.232. The molecule has 0 radical (unpaired) electrons. The van der Waals surface area contributed by atoms with E-state index in [1.807, 2.05) is 37.9 Å². The summed E-state index contributed by atoms with van der Waals surface area (Å²) in [6.07, 6.45) is 3.33. The first-order valence-corrected chi connectivity index (χ1v) is 6.78. The Kier molecular flexibility index (Phi) is 4.42. The minimum Gasteiger partial charge on any atom is -0.472 e. The second kappa shape index (κ2) is 6.06. The van der Waals surface area contributed by atoms with E-state index in [2.05, 4.69) is 25.9 Å². The highest BCUT2D eigenvalue weighted by atomic mass is 79.9. The lowest BCUT2D eigenvalue weighted by Gasteiger charge is -2.20. The molecular weight excluding hydrogens is 310 g/mol. The predicted molar refractivity (Wildman–Crippen MR) is 76.3 cm³/mol. The zero-order valence-corrected chi connectivity index (χ0v) is 12.7. The number of halogens is 1. The molecule has 2 aromatic rings. The summed E-state index contributed by atoms with van der Waals surface area (Å²) in [5.74, 6) is 2.07. The molecule has 19 heavy (non-hydrogen) atoms. The van der Waals surface area contributed by atoms with Crippen molar-refractivity contribution in [3.05, 3.63) is 35.0 Å². The van der Waals surface area contributed by atoms with Crippen LogP contribution in [0.2, 0.25) is 0 Å². The molecule has 0 aliphatic carbocycles. The number of rotatable bonds is 5. The van der Waals surface area contributed by atoms with Crippen LogP contribution in [0.1, 0.15) is 19.6 Å². The Bertz CT molecular complexity index is 542. The van der Waals surface area contributed by atoms with Crippen molar-refractivity contribution >= 4 is 21.7 Å². The average Bonchev–Trinajstić information content (AvgIpc) is 2.74. The van der Waals surface area contributed by atoms with Crippen LogP contribution in [-0.2, 0) is 6.54 Å². The van der Waals surface area contributed by atoms with Crippen LogP contribution >= 0.6 is 15.9 Å². The molecule has 0 bridgehead atoms. The van der Waals surface area contributed by atoms with Crippen molar-refractivity contribution < 1.29 is 9.15 Å². The number of ether oxygens (including phenoxy) is 1. The third-order valence-electron chi connectivity index (χ3n) is 2.38. The molecule has 0 saturated carbocycles. The third kappa shape index (κ3) is 3.70. The number of furan rings is 1. The molecule has 5 nitrogen and oxygen atoms in total. The van der Waals surface area contributed by atoms with E-state index in [0.717, 1.165) is 5.76 Å². The normalized spacial score (nSPS) is 10.8. The summed E-state index contributed by atoms with van der Waals surface area (Å²) in [5.41, 5.74) is 0. The molecule has 6 heteroatoms. The van der Waals surface area contributed by atoms with Crippen molar-refractivity contribution in [1.29, 1.82) is 0 Å². The van der Waals surface area contributed by atoms with Gasteiger partial charge in [0, 0.05) is 19.4 Å². The number of nitrogens with zero attached hydrogens (tertiary/aromatic N) is 3. The topological polar surface area (TPSA) is 51.4 Å². The van der Waals surface area contributed by atoms with Crippen molar-refractivity contribution in [1.82, 2.24) is 9.97 Å². The fraction of sp³-hybridized carbons (Fsp3) is 0.385. The number of anilines is 1. The van der Waals surface area contributed by atoms with Crippen molar-refractivity contribution in [3.8, 4) is 5.88 Å². The Morgan fingerprint density at radius 1 is 1.32 bits per heavy atom. The molecule has 0 aliphatic heterocycles. The molecule has 0 amide bonds. The van der Waals surface area contributed by atoms with Crippen LogP contribution in [0.15, 0.2) is 33.6 Å². The first-order chi connectivity index (χ1) is 9.06. The SMILES string of the molecule is CC(C)Oc1nccnc1N(C)Cc1ccc(Br)o1. The Labute approximate surface area is 120 Å². The van der Waals surface area contributed by atoms with Crippen LogP contribution in [-0.4, -0.2) is 23.1 Å². The summed E-state index contributed by atoms with van der Waals surface area (Å²) in [6, 6.07) is 3.78. The fourth-order valence-electron chi connectivity index (χ4n) is 1.63. The highest BCUT2D eigenvalue weighted by Gasteiger charge is 2.14. The van der Waals surface area contributed by atoms with Gasteiger partial charge < -0.3 is 14.1 Å². The fourth-order valence-corrected chi connectivity index (χ4v) is 1.97. The maximum Gasteiger partial charge on any atom is 0.257 e. The van der Waals surface area contributed by atoms with Gasteiger partial charge in [0.25, 0.3) is 5.88 Å². The summed E-state index contributed by atoms with van der Waals surface area (Å²) in [6.45, 7) is 4.52. The molecule has 0 unspecified atom stereocenters. The molecule has 0 spiro atoms. The molecule has 2 heterocycles. The first-order valence-electron chi connectivity index (χ1n) is 5.99. The van der Waals surface area contributed by atoms with E-state index < -0.39 is 0 Å². The van der Waals surface area contributed by atoms with Gasteiger partial charge >= 0.3 is 0 Å². The van der Waals surface area contributed by atoms with E-state index in [-0.39, 0.29) is 6.10 Å². The van der Waals surface area contributed by atoms with E-state index >= 15 is 0 Å². The smallest absolute Gasteiger partial charge is 0.257 e. The van der Waals surface area contributed by atoms with Crippen LogP contribution < -0.4 is 9.64 Å². The van der Waals surface area contributed by atoms with E-state index in [4.69, 9.17) is 9.15 Å². The van der Waals surface area contributed by atoms with Crippen molar-refractivity contribution in [2.45, 2.75) is 26.5 Å². The summed E-state index contributed by atoms with van der Waals surface area (Å²) in [7, 11) is 1.92. The van der Waals surface area contributed by atoms with Gasteiger partial charge in [0.2, 0.25) is 0 Å². The molecule has 2 aromatic heterocycles. The lowest BCUT2D eigenvalue weighted by Crippen LogP contribution is -2.20. The number of hydrogen-bond donors (Lipinski definition) is 0. The number of hydrogen-bond acceptors (Lipinski definition) is 5. The second-order valence-electron chi connectivity index (χ2n) is 4.41. The highest BCUT2D eigenvalue weighted by molar-refractivity contribution is 9.10. The molecule has 0 saturated heterocycles. The maximum absolute atomic E-state index is 5.65. The molecular formula is C13H16BrN3O2. The van der Waals surface area contributed by atoms with Gasteiger partial charge in [-0.3, -0.25) is 0 Å². The monoisotopic (exact) mass is 325 g/mol. The van der Waals surface area contributed by atoms with E-state index in [1.165, 1.54) is 0 Å². The van der Waals surface area contributed by atoms with Crippen LogP contribution in [0.5, 0.6) is 5.88 Å². The molecule has 0 atom stereocenters. The number of aromatic nitrogens is 2. The predicted octanol–water partition coefficient (Wildman–Crippen LogP) is 3.26. The van der Waals surface area contributed by atoms with Crippen molar-refractivity contribution in [3.63, 3.8) is 0 Å². The van der Waals surface area contributed by atoms with Crippen LogP contribution in [0, 0.1) is 0 Å². The van der Waals surface area contributed by atoms with E-state index in [9.17, 15) is 0 Å².